The summed E-state index contributed by atoms with van der Waals surface area (Å²) in [6.07, 6.45) is 2.14. The van der Waals surface area contributed by atoms with Gasteiger partial charge in [0.05, 0.1) is 0 Å². The molecule has 0 aliphatic carbocycles. The Hall–Kier alpha value is -4.31. The number of nitrogens with zero attached hydrogens (tertiary/aromatic N) is 4. The number of halogens is 1. The number of para-hydroxylation sites is 1. The maximum absolute atomic E-state index is 14.7. The normalized spacial score (nSPS) is 19.7. The van der Waals surface area contributed by atoms with Crippen LogP contribution in [0.2, 0.25) is 0 Å². The summed E-state index contributed by atoms with van der Waals surface area (Å²) in [6.45, 7) is 3.72. The topological polar surface area (TPSA) is 95.1 Å². The lowest BCUT2D eigenvalue weighted by molar-refractivity contribution is -0.136. The highest BCUT2D eigenvalue weighted by Gasteiger charge is 2.41. The average Bonchev–Trinajstić information content (AvgIpc) is 3.26. The van der Waals surface area contributed by atoms with Gasteiger partial charge in [0.1, 0.15) is 17.6 Å². The minimum Gasteiger partial charge on any atom is -0.439 e. The van der Waals surface area contributed by atoms with Gasteiger partial charge in [0.25, 0.3) is 5.91 Å². The van der Waals surface area contributed by atoms with Crippen molar-refractivity contribution in [2.24, 2.45) is 0 Å². The molecule has 3 aliphatic rings. The third kappa shape index (κ3) is 5.07. The summed E-state index contributed by atoms with van der Waals surface area (Å²) < 4.78 is 20.7. The number of rotatable bonds is 6. The van der Waals surface area contributed by atoms with E-state index in [1.807, 2.05) is 42.5 Å². The fourth-order valence-corrected chi connectivity index (χ4v) is 5.53. The molecule has 4 heterocycles. The number of fused-ring (bicyclic) bond motifs is 1. The Balaban J connectivity index is 1.14. The molecule has 1 N–H and O–H groups in total. The number of amides is 3. The molecule has 0 bridgehead atoms. The highest BCUT2D eigenvalue weighted by molar-refractivity contribution is 6.06. The van der Waals surface area contributed by atoms with E-state index in [0.29, 0.717) is 31.2 Å². The molecule has 1 atom stereocenters. The molecule has 10 heteroatoms. The van der Waals surface area contributed by atoms with E-state index in [9.17, 15) is 18.8 Å². The minimum absolute atomic E-state index is 0.176. The molecule has 39 heavy (non-hydrogen) atoms. The summed E-state index contributed by atoms with van der Waals surface area (Å²) in [5.41, 5.74) is 2.76. The van der Waals surface area contributed by atoms with Crippen LogP contribution in [-0.2, 0) is 22.7 Å². The van der Waals surface area contributed by atoms with E-state index < -0.39 is 17.8 Å². The Morgan fingerprint density at radius 3 is 2.56 bits per heavy atom. The molecule has 3 aromatic rings. The molecular formula is C29H28FN5O4. The number of anilines is 1. The molecule has 0 saturated carbocycles. The van der Waals surface area contributed by atoms with Gasteiger partial charge in [0.15, 0.2) is 0 Å². The van der Waals surface area contributed by atoms with E-state index in [4.69, 9.17) is 4.74 Å². The van der Waals surface area contributed by atoms with E-state index in [1.54, 1.807) is 6.20 Å². The Bertz CT molecular complexity index is 1420. The zero-order valence-electron chi connectivity index (χ0n) is 21.3. The van der Waals surface area contributed by atoms with Crippen LogP contribution in [-0.4, -0.2) is 64.7 Å². The van der Waals surface area contributed by atoms with Crippen molar-refractivity contribution in [2.75, 3.05) is 31.1 Å². The molecule has 200 valence electrons. The van der Waals surface area contributed by atoms with Gasteiger partial charge in [0.2, 0.25) is 17.7 Å². The maximum atomic E-state index is 14.7. The van der Waals surface area contributed by atoms with E-state index in [0.717, 1.165) is 30.0 Å². The number of piperazine rings is 1. The van der Waals surface area contributed by atoms with E-state index >= 15 is 0 Å². The summed E-state index contributed by atoms with van der Waals surface area (Å²) >= 11 is 0. The second-order valence-corrected chi connectivity index (χ2v) is 9.99. The van der Waals surface area contributed by atoms with Crippen LogP contribution in [0.1, 0.15) is 34.3 Å². The molecular weight excluding hydrogens is 501 g/mol. The van der Waals surface area contributed by atoms with Gasteiger partial charge in [0, 0.05) is 80.3 Å². The number of nitrogens with one attached hydrogen (secondary N) is 1. The smallest absolute Gasteiger partial charge is 0.255 e. The van der Waals surface area contributed by atoms with Gasteiger partial charge >= 0.3 is 0 Å². The fourth-order valence-electron chi connectivity index (χ4n) is 5.53. The van der Waals surface area contributed by atoms with Crippen molar-refractivity contribution >= 4 is 23.4 Å². The van der Waals surface area contributed by atoms with Crippen LogP contribution in [0.3, 0.4) is 0 Å². The number of hydrogen-bond donors (Lipinski definition) is 1. The van der Waals surface area contributed by atoms with Crippen molar-refractivity contribution in [1.82, 2.24) is 20.1 Å². The molecule has 0 spiro atoms. The molecule has 0 radical (unpaired) electrons. The van der Waals surface area contributed by atoms with Crippen LogP contribution in [0.4, 0.5) is 10.1 Å². The van der Waals surface area contributed by atoms with Gasteiger partial charge in [-0.15, -0.1) is 0 Å². The second-order valence-electron chi connectivity index (χ2n) is 9.99. The lowest BCUT2D eigenvalue weighted by atomic mass is 10.0. The van der Waals surface area contributed by atoms with Gasteiger partial charge in [-0.05, 0) is 30.7 Å². The van der Waals surface area contributed by atoms with Crippen molar-refractivity contribution in [1.29, 1.82) is 0 Å². The minimum atomic E-state index is -0.733. The maximum Gasteiger partial charge on any atom is 0.255 e. The molecule has 2 fully saturated rings. The highest BCUT2D eigenvalue weighted by atomic mass is 19.1. The third-order valence-corrected chi connectivity index (χ3v) is 7.53. The lowest BCUT2D eigenvalue weighted by Gasteiger charge is -2.37. The first-order valence-corrected chi connectivity index (χ1v) is 13.1. The first kappa shape index (κ1) is 25.0. The zero-order chi connectivity index (χ0) is 26.9. The quantitative estimate of drug-likeness (QED) is 0.491. The third-order valence-electron chi connectivity index (χ3n) is 7.53. The molecule has 1 unspecified atom stereocenters. The number of carbonyl (C=O) groups excluding carboxylic acids is 3. The summed E-state index contributed by atoms with van der Waals surface area (Å²) in [5, 5.41) is 2.31. The molecule has 3 aliphatic heterocycles. The summed E-state index contributed by atoms with van der Waals surface area (Å²) in [7, 11) is 0. The predicted molar refractivity (Wildman–Crippen MR) is 141 cm³/mol. The molecule has 3 amide bonds. The number of benzene rings is 2. The monoisotopic (exact) mass is 529 g/mol. The number of carbonyl (C=O) groups is 3. The number of piperidine rings is 1. The number of pyridine rings is 1. The predicted octanol–water partition coefficient (Wildman–Crippen LogP) is 3.10. The Labute approximate surface area is 225 Å². The summed E-state index contributed by atoms with van der Waals surface area (Å²) in [4.78, 5) is 47.3. The standard InChI is InChI=1S/C29H28FN5O4/c30-20-15-21-22(18-35(29(21)38)23-8-9-26(36)32-28(23)37)24(16-20)34-13-11-33(12-14-34)17-19-5-1-2-6-25(19)39-27-7-3-4-10-31-27/h1-7,10,15-16,23H,8-9,11-14,17-18H2,(H,32,36,37). The number of imide groups is 1. The summed E-state index contributed by atoms with van der Waals surface area (Å²) in [5.74, 6) is -0.371. The first-order valence-electron chi connectivity index (χ1n) is 13.1. The molecule has 6 rings (SSSR count). The van der Waals surface area contributed by atoms with Crippen LogP contribution in [0.5, 0.6) is 11.6 Å². The Morgan fingerprint density at radius 2 is 1.79 bits per heavy atom. The van der Waals surface area contributed by atoms with Crippen LogP contribution >= 0.6 is 0 Å². The average molecular weight is 530 g/mol. The molecule has 2 saturated heterocycles. The van der Waals surface area contributed by atoms with Crippen molar-refractivity contribution in [3.8, 4) is 11.6 Å². The largest absolute Gasteiger partial charge is 0.439 e. The first-order chi connectivity index (χ1) is 19.0. The van der Waals surface area contributed by atoms with Crippen molar-refractivity contribution in [3.63, 3.8) is 0 Å². The lowest BCUT2D eigenvalue weighted by Crippen LogP contribution is -2.52. The van der Waals surface area contributed by atoms with Gasteiger partial charge < -0.3 is 14.5 Å². The van der Waals surface area contributed by atoms with Crippen molar-refractivity contribution < 1.29 is 23.5 Å². The van der Waals surface area contributed by atoms with Gasteiger partial charge in [-0.1, -0.05) is 24.3 Å². The number of ether oxygens (including phenoxy) is 1. The number of hydrogen-bond acceptors (Lipinski definition) is 7. The SMILES string of the molecule is O=C1CCC(N2Cc3c(cc(F)cc3N3CCN(Cc4ccccc4Oc4ccccn4)CC3)C2=O)C(=O)N1. The van der Waals surface area contributed by atoms with E-state index in [-0.39, 0.29) is 36.8 Å². The van der Waals surface area contributed by atoms with Crippen LogP contribution < -0.4 is 15.0 Å². The fraction of sp³-hybridized carbons (Fsp3) is 0.310. The van der Waals surface area contributed by atoms with Crippen LogP contribution in [0, 0.1) is 5.82 Å². The van der Waals surface area contributed by atoms with Gasteiger partial charge in [-0.2, -0.15) is 0 Å². The van der Waals surface area contributed by atoms with Crippen molar-refractivity contribution in [3.05, 3.63) is 83.3 Å². The van der Waals surface area contributed by atoms with E-state index in [2.05, 4.69) is 20.1 Å². The molecule has 2 aromatic carbocycles. The zero-order valence-corrected chi connectivity index (χ0v) is 21.3. The van der Waals surface area contributed by atoms with Crippen LogP contribution in [0.15, 0.2) is 60.8 Å². The van der Waals surface area contributed by atoms with Crippen LogP contribution in [0.25, 0.3) is 0 Å². The van der Waals surface area contributed by atoms with E-state index in [1.165, 1.54) is 17.0 Å². The Morgan fingerprint density at radius 1 is 1.00 bits per heavy atom. The highest BCUT2D eigenvalue weighted by Crippen LogP contribution is 2.36. The molecule has 9 nitrogen and oxygen atoms in total. The van der Waals surface area contributed by atoms with Gasteiger partial charge in [-0.3, -0.25) is 24.6 Å². The Kier molecular flexibility index (Phi) is 6.70. The molecule has 1 aromatic heterocycles. The van der Waals surface area contributed by atoms with Gasteiger partial charge in [-0.25, -0.2) is 9.37 Å². The van der Waals surface area contributed by atoms with Crippen molar-refractivity contribution in [2.45, 2.75) is 32.0 Å². The second kappa shape index (κ2) is 10.5. The summed E-state index contributed by atoms with van der Waals surface area (Å²) in [6, 6.07) is 15.4. The number of aromatic nitrogens is 1.